The Morgan fingerprint density at radius 2 is 1.81 bits per heavy atom. The lowest BCUT2D eigenvalue weighted by molar-refractivity contribution is -0.143. The number of carbonyl (C=O) groups is 1. The van der Waals surface area contributed by atoms with Crippen molar-refractivity contribution in [3.63, 3.8) is 0 Å². The number of anilines is 1. The van der Waals surface area contributed by atoms with Crippen LogP contribution >= 0.6 is 0 Å². The van der Waals surface area contributed by atoms with E-state index in [1.54, 1.807) is 12.1 Å². The molecule has 1 aliphatic carbocycles. The third kappa shape index (κ3) is 3.35. The number of halogens is 3. The van der Waals surface area contributed by atoms with Gasteiger partial charge in [-0.25, -0.2) is 9.78 Å². The van der Waals surface area contributed by atoms with E-state index in [0.717, 1.165) is 40.6 Å². The molecule has 5 rings (SSSR count). The fraction of sp³-hybridized carbons (Fsp3) is 0.0909. The third-order valence-corrected chi connectivity index (χ3v) is 5.22. The lowest BCUT2D eigenvalue weighted by Crippen LogP contribution is -2.21. The summed E-state index contributed by atoms with van der Waals surface area (Å²) in [5, 5.41) is 11.8. The molecule has 0 atom stereocenters. The van der Waals surface area contributed by atoms with Gasteiger partial charge in [-0.1, -0.05) is 30.3 Å². The third-order valence-electron chi connectivity index (χ3n) is 5.22. The maximum absolute atomic E-state index is 13.8. The fourth-order valence-corrected chi connectivity index (χ4v) is 3.84. The first kappa shape index (κ1) is 19.7. The number of fused-ring (bicyclic) bond motifs is 3. The molecule has 2 aromatic heterocycles. The summed E-state index contributed by atoms with van der Waals surface area (Å²) in [5.41, 5.74) is 2.13. The summed E-state index contributed by atoms with van der Waals surface area (Å²) in [5.74, 6) is -1.23. The Kier molecular flexibility index (Phi) is 4.43. The first-order chi connectivity index (χ1) is 15.3. The topological polar surface area (TPSA) is 92.7 Å². The molecule has 32 heavy (non-hydrogen) atoms. The van der Waals surface area contributed by atoms with Gasteiger partial charge in [0.15, 0.2) is 11.5 Å². The van der Waals surface area contributed by atoms with Crippen molar-refractivity contribution in [3.8, 4) is 16.9 Å². The van der Waals surface area contributed by atoms with E-state index in [4.69, 9.17) is 0 Å². The Hall–Kier alpha value is -4.21. The van der Waals surface area contributed by atoms with Crippen LogP contribution < -0.4 is 10.9 Å². The van der Waals surface area contributed by atoms with Crippen molar-refractivity contribution in [2.24, 2.45) is 0 Å². The Morgan fingerprint density at radius 3 is 2.56 bits per heavy atom. The van der Waals surface area contributed by atoms with Crippen molar-refractivity contribution in [2.45, 2.75) is 12.6 Å². The smallest absolute Gasteiger partial charge is 0.322 e. The van der Waals surface area contributed by atoms with Gasteiger partial charge >= 0.3 is 6.18 Å². The normalized spacial score (nSPS) is 12.3. The Labute approximate surface area is 178 Å². The number of amides is 1. The van der Waals surface area contributed by atoms with Crippen LogP contribution in [0.4, 0.5) is 18.9 Å². The highest BCUT2D eigenvalue weighted by Gasteiger charge is 2.41. The summed E-state index contributed by atoms with van der Waals surface area (Å²) in [4.78, 5) is 23.9. The molecule has 0 radical (unpaired) electrons. The van der Waals surface area contributed by atoms with Crippen LogP contribution in [0.2, 0.25) is 0 Å². The van der Waals surface area contributed by atoms with E-state index in [-0.39, 0.29) is 5.82 Å². The highest BCUT2D eigenvalue weighted by atomic mass is 19.4. The molecule has 4 aromatic rings. The van der Waals surface area contributed by atoms with E-state index in [1.165, 1.54) is 0 Å². The minimum atomic E-state index is -4.89. The Bertz CT molecular complexity index is 1400. The molecule has 2 aromatic carbocycles. The number of hydrogen-bond donors (Lipinski definition) is 2. The van der Waals surface area contributed by atoms with E-state index in [2.05, 4.69) is 20.6 Å². The number of alkyl halides is 3. The summed E-state index contributed by atoms with van der Waals surface area (Å²) in [6.45, 7) is 0. The Balaban J connectivity index is 1.47. The van der Waals surface area contributed by atoms with Gasteiger partial charge in [0.2, 0.25) is 0 Å². The van der Waals surface area contributed by atoms with E-state index in [9.17, 15) is 22.8 Å². The number of carbonyl (C=O) groups excluding carboxylic acids is 1. The van der Waals surface area contributed by atoms with Gasteiger partial charge in [0.05, 0.1) is 11.8 Å². The van der Waals surface area contributed by atoms with E-state index in [0.29, 0.717) is 16.8 Å². The number of hydrogen-bond acceptors (Lipinski definition) is 4. The van der Waals surface area contributed by atoms with Crippen molar-refractivity contribution in [1.29, 1.82) is 0 Å². The lowest BCUT2D eigenvalue weighted by atomic mass is 10.1. The second kappa shape index (κ2) is 7.19. The molecule has 0 unspecified atom stereocenters. The molecule has 2 N–H and O–H groups in total. The number of nitrogens with zero attached hydrogens (tertiary/aromatic N) is 3. The van der Waals surface area contributed by atoms with Crippen molar-refractivity contribution < 1.29 is 18.0 Å². The highest BCUT2D eigenvalue weighted by molar-refractivity contribution is 6.05. The van der Waals surface area contributed by atoms with Gasteiger partial charge < -0.3 is 5.32 Å². The van der Waals surface area contributed by atoms with Crippen molar-refractivity contribution in [2.75, 3.05) is 5.32 Å². The molecule has 160 valence electrons. The standard InChI is InChI=1S/C22H14F3N5O2/c23-22(24,25)20-17(11-26-30(20)18-7-8-19(31)29-28-18)21(32)27-14-5-6-16-13(10-14)9-12-3-1-2-4-15(12)16/h1-8,10-11H,9H2,(H,27,32)(H,29,31). The van der Waals surface area contributed by atoms with Crippen LogP contribution in [0, 0.1) is 0 Å². The minimum absolute atomic E-state index is 0.272. The van der Waals surface area contributed by atoms with Crippen LogP contribution in [0.5, 0.6) is 0 Å². The SMILES string of the molecule is O=C(Nc1ccc2c(c1)Cc1ccccc1-2)c1cnn(-c2ccc(=O)[nH]n2)c1C(F)(F)F. The predicted molar refractivity (Wildman–Crippen MR) is 110 cm³/mol. The Morgan fingerprint density at radius 1 is 1.03 bits per heavy atom. The van der Waals surface area contributed by atoms with Crippen LogP contribution in [0.25, 0.3) is 16.9 Å². The maximum Gasteiger partial charge on any atom is 0.434 e. The number of nitrogens with one attached hydrogen (secondary N) is 2. The molecular formula is C22H14F3N5O2. The van der Waals surface area contributed by atoms with Crippen LogP contribution in [0.3, 0.4) is 0 Å². The van der Waals surface area contributed by atoms with Crippen molar-refractivity contribution in [3.05, 3.63) is 93.5 Å². The predicted octanol–water partition coefficient (Wildman–Crippen LogP) is 3.80. The molecule has 0 fully saturated rings. The van der Waals surface area contributed by atoms with E-state index >= 15 is 0 Å². The molecule has 0 bridgehead atoms. The summed E-state index contributed by atoms with van der Waals surface area (Å²) in [6, 6.07) is 15.3. The van der Waals surface area contributed by atoms with Gasteiger partial charge in [-0.05, 0) is 46.9 Å². The number of benzene rings is 2. The molecule has 1 aliphatic rings. The van der Waals surface area contributed by atoms with Crippen molar-refractivity contribution in [1.82, 2.24) is 20.0 Å². The highest BCUT2D eigenvalue weighted by Crippen LogP contribution is 2.38. The van der Waals surface area contributed by atoms with Gasteiger partial charge in [0, 0.05) is 11.8 Å². The zero-order valence-corrected chi connectivity index (χ0v) is 16.3. The molecule has 10 heteroatoms. The molecule has 0 saturated heterocycles. The molecule has 2 heterocycles. The van der Waals surface area contributed by atoms with Gasteiger partial charge in [-0.15, -0.1) is 0 Å². The van der Waals surface area contributed by atoms with Gasteiger partial charge in [0.1, 0.15) is 0 Å². The molecular weight excluding hydrogens is 423 g/mol. The van der Waals surface area contributed by atoms with E-state index < -0.39 is 28.9 Å². The largest absolute Gasteiger partial charge is 0.434 e. The number of aromatic nitrogens is 4. The fourth-order valence-electron chi connectivity index (χ4n) is 3.84. The van der Waals surface area contributed by atoms with Crippen LogP contribution in [0.15, 0.2) is 65.6 Å². The van der Waals surface area contributed by atoms with Gasteiger partial charge in [-0.3, -0.25) is 9.59 Å². The summed E-state index contributed by atoms with van der Waals surface area (Å²) in [7, 11) is 0. The first-order valence-corrected chi connectivity index (χ1v) is 9.55. The molecule has 0 saturated carbocycles. The maximum atomic E-state index is 13.8. The van der Waals surface area contributed by atoms with Crippen LogP contribution in [-0.4, -0.2) is 25.9 Å². The summed E-state index contributed by atoms with van der Waals surface area (Å²) < 4.78 is 41.9. The average molecular weight is 437 g/mol. The molecule has 1 amide bonds. The van der Waals surface area contributed by atoms with Gasteiger partial charge in [-0.2, -0.15) is 23.4 Å². The lowest BCUT2D eigenvalue weighted by Gasteiger charge is -2.12. The zero-order chi connectivity index (χ0) is 22.5. The van der Waals surface area contributed by atoms with Gasteiger partial charge in [0.25, 0.3) is 11.5 Å². The zero-order valence-electron chi connectivity index (χ0n) is 16.3. The summed E-state index contributed by atoms with van der Waals surface area (Å²) in [6.07, 6.45) is -3.38. The number of rotatable bonds is 3. The second-order valence-electron chi connectivity index (χ2n) is 7.26. The minimum Gasteiger partial charge on any atom is -0.322 e. The quantitative estimate of drug-likeness (QED) is 0.449. The number of aromatic amines is 1. The van der Waals surface area contributed by atoms with Crippen molar-refractivity contribution >= 4 is 11.6 Å². The van der Waals surface area contributed by atoms with Crippen LogP contribution in [-0.2, 0) is 12.6 Å². The molecule has 7 nitrogen and oxygen atoms in total. The summed E-state index contributed by atoms with van der Waals surface area (Å²) >= 11 is 0. The second-order valence-corrected chi connectivity index (χ2v) is 7.26. The van der Waals surface area contributed by atoms with E-state index in [1.807, 2.05) is 30.3 Å². The molecule has 0 spiro atoms. The average Bonchev–Trinajstić information content (AvgIpc) is 3.36. The number of H-pyrrole nitrogens is 1. The molecule has 0 aliphatic heterocycles. The van der Waals surface area contributed by atoms with Crippen LogP contribution in [0.1, 0.15) is 27.2 Å². The monoisotopic (exact) mass is 437 g/mol. The first-order valence-electron chi connectivity index (χ1n) is 9.55.